The van der Waals surface area contributed by atoms with Crippen LogP contribution in [0.1, 0.15) is 13.3 Å². The van der Waals surface area contributed by atoms with E-state index in [0.717, 1.165) is 0 Å². The van der Waals surface area contributed by atoms with Crippen molar-refractivity contribution in [3.8, 4) is 0 Å². The lowest BCUT2D eigenvalue weighted by Crippen LogP contribution is -2.29. The molecule has 0 saturated carbocycles. The molecule has 0 bridgehead atoms. The monoisotopic (exact) mass is 199 g/mol. The first-order valence-electron chi connectivity index (χ1n) is 4.84. The smallest absolute Gasteiger partial charge is 0.0936 e. The van der Waals surface area contributed by atoms with Gasteiger partial charge in [-0.1, -0.05) is 13.0 Å². The number of nitrogens with two attached hydrogens (primary N) is 2. The zero-order chi connectivity index (χ0) is 11.0. The number of ether oxygens (including phenoxy) is 1. The molecule has 0 heterocycles. The second-order valence-electron chi connectivity index (χ2n) is 3.51. The van der Waals surface area contributed by atoms with Gasteiger partial charge in [0, 0.05) is 12.3 Å². The summed E-state index contributed by atoms with van der Waals surface area (Å²) in [4.78, 5) is 0. The second kappa shape index (κ2) is 7.67. The molecule has 0 aliphatic heterocycles. The quantitative estimate of drug-likeness (QED) is 0.393. The fourth-order valence-electron chi connectivity index (χ4n) is 0.905. The molecular weight excluding hydrogens is 178 g/mol. The summed E-state index contributed by atoms with van der Waals surface area (Å²) in [5, 5.41) is 7.16. The molecule has 3 atom stereocenters. The van der Waals surface area contributed by atoms with E-state index in [1.807, 2.05) is 6.92 Å². The first kappa shape index (κ1) is 13.3. The summed E-state index contributed by atoms with van der Waals surface area (Å²) in [5.74, 6) is 0.317. The van der Waals surface area contributed by atoms with E-state index in [-0.39, 0.29) is 12.1 Å². The molecule has 0 aliphatic carbocycles. The first-order valence-corrected chi connectivity index (χ1v) is 4.84. The average molecular weight is 199 g/mol. The van der Waals surface area contributed by atoms with Crippen LogP contribution in [0.3, 0.4) is 0 Å². The summed E-state index contributed by atoms with van der Waals surface area (Å²) in [7, 11) is 0. The molecule has 0 aromatic rings. The maximum atomic E-state index is 7.16. The standard InChI is InChI=1S/C10H21N3O/c1-3-9(13)4-10(6-12)14-7-8(2)5-11/h3,6,8-10,12H,1,4-5,7,11,13H2,2H3. The van der Waals surface area contributed by atoms with E-state index in [2.05, 4.69) is 6.58 Å². The van der Waals surface area contributed by atoms with Gasteiger partial charge < -0.3 is 21.6 Å². The van der Waals surface area contributed by atoms with Gasteiger partial charge in [0.25, 0.3) is 0 Å². The lowest BCUT2D eigenvalue weighted by molar-refractivity contribution is 0.0702. The predicted molar refractivity (Wildman–Crippen MR) is 59.5 cm³/mol. The molecule has 0 fully saturated rings. The van der Waals surface area contributed by atoms with E-state index in [4.69, 9.17) is 21.6 Å². The Labute approximate surface area is 85.8 Å². The number of hydrogen-bond donors (Lipinski definition) is 3. The van der Waals surface area contributed by atoms with Crippen LogP contribution in [0, 0.1) is 11.3 Å². The summed E-state index contributed by atoms with van der Waals surface area (Å²) < 4.78 is 5.47. The third kappa shape index (κ3) is 5.85. The highest BCUT2D eigenvalue weighted by molar-refractivity contribution is 5.59. The van der Waals surface area contributed by atoms with Crippen molar-refractivity contribution in [2.45, 2.75) is 25.5 Å². The molecule has 82 valence electrons. The Balaban J connectivity index is 3.79. The molecule has 0 aromatic carbocycles. The third-order valence-corrected chi connectivity index (χ3v) is 1.99. The molecule has 5 N–H and O–H groups in total. The summed E-state index contributed by atoms with van der Waals surface area (Å²) in [6.07, 6.45) is 3.31. The molecule has 4 nitrogen and oxygen atoms in total. The van der Waals surface area contributed by atoms with Gasteiger partial charge in [-0.25, -0.2) is 0 Å². The molecule has 0 amide bonds. The summed E-state index contributed by atoms with van der Waals surface area (Å²) in [6, 6.07) is -0.116. The van der Waals surface area contributed by atoms with Gasteiger partial charge in [0.15, 0.2) is 0 Å². The van der Waals surface area contributed by atoms with E-state index >= 15 is 0 Å². The topological polar surface area (TPSA) is 85.1 Å². The Kier molecular flexibility index (Phi) is 7.28. The predicted octanol–water partition coefficient (Wildman–Crippen LogP) is 0.519. The minimum absolute atomic E-state index is 0.116. The van der Waals surface area contributed by atoms with Crippen molar-refractivity contribution in [2.75, 3.05) is 13.2 Å². The van der Waals surface area contributed by atoms with E-state index in [9.17, 15) is 0 Å². The molecule has 0 rings (SSSR count). The van der Waals surface area contributed by atoms with E-state index in [1.165, 1.54) is 6.21 Å². The van der Waals surface area contributed by atoms with Crippen LogP contribution in [-0.2, 0) is 4.74 Å². The molecule has 0 radical (unpaired) electrons. The highest BCUT2D eigenvalue weighted by Crippen LogP contribution is 2.03. The molecule has 0 spiro atoms. The van der Waals surface area contributed by atoms with Crippen molar-refractivity contribution in [1.29, 1.82) is 5.41 Å². The SMILES string of the molecule is C=CC(N)CC(C=N)OCC(C)CN. The zero-order valence-electron chi connectivity index (χ0n) is 8.78. The first-order chi connectivity index (χ1) is 6.63. The minimum Gasteiger partial charge on any atom is -0.372 e. The Bertz CT molecular complexity index is 173. The van der Waals surface area contributed by atoms with Gasteiger partial charge in [0.05, 0.1) is 12.7 Å². The van der Waals surface area contributed by atoms with Crippen LogP contribution < -0.4 is 11.5 Å². The highest BCUT2D eigenvalue weighted by Gasteiger charge is 2.10. The van der Waals surface area contributed by atoms with Crippen LogP contribution >= 0.6 is 0 Å². The van der Waals surface area contributed by atoms with Crippen molar-refractivity contribution < 1.29 is 4.74 Å². The lowest BCUT2D eigenvalue weighted by Gasteiger charge is -2.17. The van der Waals surface area contributed by atoms with Crippen molar-refractivity contribution in [1.82, 2.24) is 0 Å². The Morgan fingerprint density at radius 1 is 1.57 bits per heavy atom. The number of nitrogens with one attached hydrogen (secondary N) is 1. The summed E-state index contributed by atoms with van der Waals surface area (Å²) in [5.41, 5.74) is 11.1. The van der Waals surface area contributed by atoms with Crippen molar-refractivity contribution >= 4 is 6.21 Å². The maximum Gasteiger partial charge on any atom is 0.0936 e. The zero-order valence-corrected chi connectivity index (χ0v) is 8.78. The van der Waals surface area contributed by atoms with Gasteiger partial charge in [-0.05, 0) is 18.9 Å². The molecule has 0 saturated heterocycles. The molecule has 0 aromatic heterocycles. The highest BCUT2D eigenvalue weighted by atomic mass is 16.5. The molecular formula is C10H21N3O. The van der Waals surface area contributed by atoms with Gasteiger partial charge in [-0.3, -0.25) is 0 Å². The van der Waals surface area contributed by atoms with Crippen LogP contribution in [0.25, 0.3) is 0 Å². The fourth-order valence-corrected chi connectivity index (χ4v) is 0.905. The van der Waals surface area contributed by atoms with Gasteiger partial charge >= 0.3 is 0 Å². The van der Waals surface area contributed by atoms with Crippen LogP contribution in [0.15, 0.2) is 12.7 Å². The summed E-state index contributed by atoms with van der Waals surface area (Å²) >= 11 is 0. The molecule has 14 heavy (non-hydrogen) atoms. The van der Waals surface area contributed by atoms with Gasteiger partial charge in [0.1, 0.15) is 0 Å². The molecule has 0 aliphatic rings. The van der Waals surface area contributed by atoms with Crippen LogP contribution in [0.2, 0.25) is 0 Å². The van der Waals surface area contributed by atoms with Gasteiger partial charge in [-0.15, -0.1) is 6.58 Å². The largest absolute Gasteiger partial charge is 0.372 e. The lowest BCUT2D eigenvalue weighted by atomic mass is 10.1. The van der Waals surface area contributed by atoms with Crippen LogP contribution in [0.4, 0.5) is 0 Å². The van der Waals surface area contributed by atoms with E-state index in [1.54, 1.807) is 6.08 Å². The van der Waals surface area contributed by atoms with Crippen LogP contribution in [-0.4, -0.2) is 31.5 Å². The normalized spacial score (nSPS) is 17.1. The van der Waals surface area contributed by atoms with Crippen molar-refractivity contribution in [3.05, 3.63) is 12.7 Å². The van der Waals surface area contributed by atoms with Crippen molar-refractivity contribution in [3.63, 3.8) is 0 Å². The molecule has 4 heteroatoms. The molecule has 3 unspecified atom stereocenters. The van der Waals surface area contributed by atoms with E-state index in [0.29, 0.717) is 25.5 Å². The third-order valence-electron chi connectivity index (χ3n) is 1.99. The Morgan fingerprint density at radius 3 is 2.64 bits per heavy atom. The Hall–Kier alpha value is -0.710. The number of hydrogen-bond acceptors (Lipinski definition) is 4. The van der Waals surface area contributed by atoms with Crippen molar-refractivity contribution in [2.24, 2.45) is 17.4 Å². The summed E-state index contributed by atoms with van der Waals surface area (Å²) in [6.45, 7) is 6.76. The van der Waals surface area contributed by atoms with Gasteiger partial charge in [-0.2, -0.15) is 0 Å². The van der Waals surface area contributed by atoms with Crippen LogP contribution in [0.5, 0.6) is 0 Å². The fraction of sp³-hybridized carbons (Fsp3) is 0.700. The van der Waals surface area contributed by atoms with Gasteiger partial charge in [0.2, 0.25) is 0 Å². The van der Waals surface area contributed by atoms with E-state index < -0.39 is 0 Å². The average Bonchev–Trinajstić information content (AvgIpc) is 2.22. The Morgan fingerprint density at radius 2 is 2.21 bits per heavy atom. The minimum atomic E-state index is -0.225. The second-order valence-corrected chi connectivity index (χ2v) is 3.51. The number of rotatable bonds is 8. The maximum absolute atomic E-state index is 7.16.